The molecule has 1 aromatic carbocycles. The van der Waals surface area contributed by atoms with E-state index < -0.39 is 0 Å². The Hall–Kier alpha value is -1.91. The predicted octanol–water partition coefficient (Wildman–Crippen LogP) is 3.19. The Morgan fingerprint density at radius 1 is 1.13 bits per heavy atom. The number of hydrogen-bond donors (Lipinski definition) is 2. The fourth-order valence-electron chi connectivity index (χ4n) is 2.36. The lowest BCUT2D eigenvalue weighted by Gasteiger charge is -2.19. The highest BCUT2D eigenvalue weighted by atomic mass is 16.5. The summed E-state index contributed by atoms with van der Waals surface area (Å²) >= 11 is 0. The van der Waals surface area contributed by atoms with Gasteiger partial charge < -0.3 is 20.1 Å². The summed E-state index contributed by atoms with van der Waals surface area (Å²) in [6.45, 7) is 7.29. The molecule has 1 atom stereocenters. The number of guanidine groups is 1. The Bertz CT molecular complexity index is 501. The summed E-state index contributed by atoms with van der Waals surface area (Å²) in [5.74, 6) is 3.01. The molecule has 2 N–H and O–H groups in total. The van der Waals surface area contributed by atoms with Gasteiger partial charge in [-0.15, -0.1) is 0 Å². The summed E-state index contributed by atoms with van der Waals surface area (Å²) in [5, 5.41) is 6.76. The van der Waals surface area contributed by atoms with Crippen LogP contribution in [0.3, 0.4) is 0 Å². The molecular weight excluding hydrogens is 290 g/mol. The smallest absolute Gasteiger partial charge is 0.191 e. The quantitative estimate of drug-likeness (QED) is 0.570. The monoisotopic (exact) mass is 321 g/mol. The van der Waals surface area contributed by atoms with Crippen LogP contribution >= 0.6 is 0 Å². The fraction of sp³-hybridized carbons (Fsp3) is 0.611. The van der Waals surface area contributed by atoms with Gasteiger partial charge in [-0.3, -0.25) is 4.99 Å². The molecule has 0 aliphatic rings. The zero-order valence-corrected chi connectivity index (χ0v) is 15.3. The van der Waals surface area contributed by atoms with Crippen molar-refractivity contribution in [3.05, 3.63) is 23.8 Å². The average Bonchev–Trinajstić information content (AvgIpc) is 2.55. The van der Waals surface area contributed by atoms with Gasteiger partial charge in [0.05, 0.1) is 14.2 Å². The molecule has 0 radical (unpaired) electrons. The molecule has 0 aliphatic carbocycles. The number of aliphatic imine (C=N–C) groups is 1. The van der Waals surface area contributed by atoms with E-state index in [-0.39, 0.29) is 0 Å². The molecule has 0 saturated carbocycles. The van der Waals surface area contributed by atoms with Gasteiger partial charge >= 0.3 is 0 Å². The van der Waals surface area contributed by atoms with E-state index in [9.17, 15) is 0 Å². The average molecular weight is 321 g/mol. The second kappa shape index (κ2) is 9.98. The Labute approximate surface area is 140 Å². The Kier molecular flexibility index (Phi) is 8.30. The van der Waals surface area contributed by atoms with E-state index >= 15 is 0 Å². The Balaban J connectivity index is 2.61. The van der Waals surface area contributed by atoms with Crippen LogP contribution in [0.5, 0.6) is 11.5 Å². The third-order valence-electron chi connectivity index (χ3n) is 3.71. The van der Waals surface area contributed by atoms with E-state index in [2.05, 4.69) is 36.4 Å². The molecule has 0 spiro atoms. The van der Waals surface area contributed by atoms with Gasteiger partial charge in [0.15, 0.2) is 17.5 Å². The lowest BCUT2D eigenvalue weighted by Crippen LogP contribution is -2.42. The summed E-state index contributed by atoms with van der Waals surface area (Å²) < 4.78 is 10.8. The van der Waals surface area contributed by atoms with Crippen molar-refractivity contribution >= 4 is 5.96 Å². The number of para-hydroxylation sites is 1. The maximum atomic E-state index is 5.45. The van der Waals surface area contributed by atoms with Crippen LogP contribution in [0.1, 0.15) is 39.2 Å². The number of nitrogens with zero attached hydrogens (tertiary/aromatic N) is 1. The second-order valence-corrected chi connectivity index (χ2v) is 6.09. The molecule has 0 heterocycles. The largest absolute Gasteiger partial charge is 0.493 e. The van der Waals surface area contributed by atoms with Crippen molar-refractivity contribution in [3.63, 3.8) is 0 Å². The van der Waals surface area contributed by atoms with E-state index in [1.807, 2.05) is 18.2 Å². The zero-order chi connectivity index (χ0) is 17.2. The van der Waals surface area contributed by atoms with Gasteiger partial charge in [-0.1, -0.05) is 26.0 Å². The molecule has 0 fully saturated rings. The molecule has 0 saturated heterocycles. The van der Waals surface area contributed by atoms with E-state index in [0.29, 0.717) is 12.6 Å². The fourth-order valence-corrected chi connectivity index (χ4v) is 2.36. The van der Waals surface area contributed by atoms with Crippen molar-refractivity contribution in [1.82, 2.24) is 10.6 Å². The highest BCUT2D eigenvalue weighted by Crippen LogP contribution is 2.30. The van der Waals surface area contributed by atoms with Crippen LogP contribution in [0.4, 0.5) is 0 Å². The van der Waals surface area contributed by atoms with Crippen molar-refractivity contribution in [1.29, 1.82) is 0 Å². The van der Waals surface area contributed by atoms with Crippen LogP contribution in [0, 0.1) is 5.92 Å². The second-order valence-electron chi connectivity index (χ2n) is 6.09. The van der Waals surface area contributed by atoms with Gasteiger partial charge in [-0.2, -0.15) is 0 Å². The van der Waals surface area contributed by atoms with Crippen molar-refractivity contribution in [2.45, 2.75) is 46.2 Å². The van der Waals surface area contributed by atoms with Gasteiger partial charge in [-0.05, 0) is 31.7 Å². The van der Waals surface area contributed by atoms with Crippen molar-refractivity contribution in [3.8, 4) is 11.5 Å². The molecule has 1 rings (SSSR count). The first kappa shape index (κ1) is 19.1. The van der Waals surface area contributed by atoms with E-state index in [1.54, 1.807) is 21.3 Å². The zero-order valence-electron chi connectivity index (χ0n) is 15.3. The maximum absolute atomic E-state index is 5.45. The molecule has 5 heteroatoms. The third-order valence-corrected chi connectivity index (χ3v) is 3.71. The summed E-state index contributed by atoms with van der Waals surface area (Å²) in [7, 11) is 5.08. The van der Waals surface area contributed by atoms with Crippen molar-refractivity contribution < 1.29 is 9.47 Å². The van der Waals surface area contributed by atoms with Crippen molar-refractivity contribution in [2.75, 3.05) is 21.3 Å². The Morgan fingerprint density at radius 3 is 2.43 bits per heavy atom. The van der Waals surface area contributed by atoms with E-state index in [4.69, 9.17) is 9.47 Å². The van der Waals surface area contributed by atoms with Crippen LogP contribution in [-0.2, 0) is 6.54 Å². The summed E-state index contributed by atoms with van der Waals surface area (Å²) in [6, 6.07) is 6.25. The predicted molar refractivity (Wildman–Crippen MR) is 96.4 cm³/mol. The minimum Gasteiger partial charge on any atom is -0.493 e. The minimum atomic E-state index is 0.385. The number of nitrogens with one attached hydrogen (secondary N) is 2. The van der Waals surface area contributed by atoms with Crippen LogP contribution in [-0.4, -0.2) is 33.3 Å². The molecular formula is C18H31N3O2. The van der Waals surface area contributed by atoms with Crippen LogP contribution in [0.2, 0.25) is 0 Å². The first-order valence-corrected chi connectivity index (χ1v) is 8.18. The lowest BCUT2D eigenvalue weighted by atomic mass is 10.0. The first-order chi connectivity index (χ1) is 11.0. The van der Waals surface area contributed by atoms with Crippen LogP contribution < -0.4 is 20.1 Å². The molecule has 130 valence electrons. The third kappa shape index (κ3) is 6.38. The number of methoxy groups -OCH3 is 2. The highest BCUT2D eigenvalue weighted by molar-refractivity contribution is 5.80. The van der Waals surface area contributed by atoms with Gasteiger partial charge in [-0.25, -0.2) is 0 Å². The SMILES string of the molecule is CN=C(NCc1cccc(OC)c1OC)NC(C)CCC(C)C. The van der Waals surface area contributed by atoms with Crippen LogP contribution in [0.25, 0.3) is 0 Å². The highest BCUT2D eigenvalue weighted by Gasteiger charge is 2.11. The summed E-state index contributed by atoms with van der Waals surface area (Å²) in [4.78, 5) is 4.29. The van der Waals surface area contributed by atoms with Crippen LogP contribution in [0.15, 0.2) is 23.2 Å². The Morgan fingerprint density at radius 2 is 1.87 bits per heavy atom. The van der Waals surface area contributed by atoms with E-state index in [0.717, 1.165) is 35.4 Å². The van der Waals surface area contributed by atoms with Gasteiger partial charge in [0.1, 0.15) is 0 Å². The number of benzene rings is 1. The molecule has 1 unspecified atom stereocenters. The standard InChI is InChI=1S/C18H31N3O2/c1-13(2)10-11-14(3)21-18(19-4)20-12-15-8-7-9-16(22-5)17(15)23-6/h7-9,13-14H,10-12H2,1-6H3,(H2,19,20,21). The van der Waals surface area contributed by atoms with Gasteiger partial charge in [0.25, 0.3) is 0 Å². The molecule has 0 amide bonds. The lowest BCUT2D eigenvalue weighted by molar-refractivity contribution is 0.351. The minimum absolute atomic E-state index is 0.385. The molecule has 0 aliphatic heterocycles. The molecule has 1 aromatic rings. The molecule has 0 bridgehead atoms. The number of ether oxygens (including phenoxy) is 2. The van der Waals surface area contributed by atoms with Gasteiger partial charge in [0.2, 0.25) is 0 Å². The topological polar surface area (TPSA) is 54.9 Å². The molecule has 5 nitrogen and oxygen atoms in total. The number of rotatable bonds is 8. The summed E-state index contributed by atoms with van der Waals surface area (Å²) in [6.07, 6.45) is 2.33. The van der Waals surface area contributed by atoms with Crippen molar-refractivity contribution in [2.24, 2.45) is 10.9 Å². The first-order valence-electron chi connectivity index (χ1n) is 8.18. The molecule has 23 heavy (non-hydrogen) atoms. The van der Waals surface area contributed by atoms with Gasteiger partial charge in [0, 0.05) is 25.2 Å². The molecule has 0 aromatic heterocycles. The maximum Gasteiger partial charge on any atom is 0.191 e. The normalized spacial score (nSPS) is 12.9. The van der Waals surface area contributed by atoms with E-state index in [1.165, 1.54) is 6.42 Å². The summed E-state index contributed by atoms with van der Waals surface area (Å²) in [5.41, 5.74) is 1.03. The number of hydrogen-bond acceptors (Lipinski definition) is 3.